The lowest BCUT2D eigenvalue weighted by Gasteiger charge is -2.11. The number of nitrogens with two attached hydrogens (primary N) is 1. The smallest absolute Gasteiger partial charge is 0.251 e. The molecule has 2 amide bonds. The molecule has 0 spiro atoms. The number of hydrogen-bond donors (Lipinski definition) is 3. The number of pyridine rings is 1. The van der Waals surface area contributed by atoms with Gasteiger partial charge >= 0.3 is 0 Å². The predicted molar refractivity (Wildman–Crippen MR) is 101 cm³/mol. The van der Waals surface area contributed by atoms with Crippen molar-refractivity contribution in [2.45, 2.75) is 6.92 Å². The van der Waals surface area contributed by atoms with Gasteiger partial charge in [-0.25, -0.2) is 9.97 Å². The van der Waals surface area contributed by atoms with E-state index >= 15 is 0 Å². The number of hydrogen-bond acceptors (Lipinski definition) is 6. The quantitative estimate of drug-likeness (QED) is 0.614. The van der Waals surface area contributed by atoms with Crippen LogP contribution in [0.15, 0.2) is 55.0 Å². The Bertz CT molecular complexity index is 975. The molecule has 0 fully saturated rings. The zero-order valence-corrected chi connectivity index (χ0v) is 14.6. The van der Waals surface area contributed by atoms with E-state index in [0.29, 0.717) is 17.2 Å². The topological polar surface area (TPSA) is 123 Å². The Hall–Kier alpha value is -3.81. The first-order valence-electron chi connectivity index (χ1n) is 8.20. The minimum atomic E-state index is -0.602. The van der Waals surface area contributed by atoms with E-state index in [4.69, 9.17) is 5.73 Å². The van der Waals surface area contributed by atoms with Crippen LogP contribution in [-0.2, 0) is 4.79 Å². The van der Waals surface area contributed by atoms with Crippen LogP contribution in [0.3, 0.4) is 0 Å². The zero-order chi connectivity index (χ0) is 19.2. The summed E-state index contributed by atoms with van der Waals surface area (Å²) in [6, 6.07) is 10.7. The van der Waals surface area contributed by atoms with Crippen molar-refractivity contribution < 1.29 is 9.59 Å². The van der Waals surface area contributed by atoms with Crippen molar-refractivity contribution in [1.29, 1.82) is 0 Å². The maximum absolute atomic E-state index is 12.1. The number of carbonyl (C=O) groups excluding carboxylic acids is 2. The maximum Gasteiger partial charge on any atom is 0.251 e. The van der Waals surface area contributed by atoms with Crippen LogP contribution in [0, 0.1) is 6.92 Å². The van der Waals surface area contributed by atoms with Crippen molar-refractivity contribution in [3.8, 4) is 11.3 Å². The molecule has 0 aliphatic carbocycles. The molecule has 3 rings (SSSR count). The summed E-state index contributed by atoms with van der Waals surface area (Å²) in [4.78, 5) is 35.8. The van der Waals surface area contributed by atoms with E-state index in [1.165, 1.54) is 0 Å². The van der Waals surface area contributed by atoms with Crippen LogP contribution in [0.1, 0.15) is 15.9 Å². The molecule has 2 aromatic heterocycles. The van der Waals surface area contributed by atoms with Crippen LogP contribution in [-0.4, -0.2) is 33.3 Å². The second-order valence-corrected chi connectivity index (χ2v) is 5.81. The molecule has 2 heterocycles. The maximum atomic E-state index is 12.1. The van der Waals surface area contributed by atoms with Crippen molar-refractivity contribution >= 4 is 23.5 Å². The van der Waals surface area contributed by atoms with Gasteiger partial charge in [-0.3, -0.25) is 14.6 Å². The van der Waals surface area contributed by atoms with Gasteiger partial charge in [-0.15, -0.1) is 0 Å². The fourth-order valence-electron chi connectivity index (χ4n) is 2.38. The van der Waals surface area contributed by atoms with E-state index in [9.17, 15) is 9.59 Å². The van der Waals surface area contributed by atoms with Gasteiger partial charge in [0.2, 0.25) is 11.9 Å². The van der Waals surface area contributed by atoms with Gasteiger partial charge in [0.25, 0.3) is 5.91 Å². The van der Waals surface area contributed by atoms with Gasteiger partial charge in [0.15, 0.2) is 0 Å². The molecule has 0 aliphatic rings. The minimum Gasteiger partial charge on any atom is -0.368 e. The van der Waals surface area contributed by atoms with Gasteiger partial charge in [-0.2, -0.15) is 0 Å². The normalized spacial score (nSPS) is 10.3. The first-order valence-corrected chi connectivity index (χ1v) is 8.20. The molecule has 8 heteroatoms. The van der Waals surface area contributed by atoms with Gasteiger partial charge < -0.3 is 16.4 Å². The summed E-state index contributed by atoms with van der Waals surface area (Å²) in [6.07, 6.45) is 5.07. The highest BCUT2D eigenvalue weighted by Crippen LogP contribution is 2.22. The Kier molecular flexibility index (Phi) is 5.36. The summed E-state index contributed by atoms with van der Waals surface area (Å²) in [5.41, 5.74) is 8.65. The Morgan fingerprint density at radius 2 is 2.00 bits per heavy atom. The zero-order valence-electron chi connectivity index (χ0n) is 14.6. The Morgan fingerprint density at radius 1 is 1.15 bits per heavy atom. The lowest BCUT2D eigenvalue weighted by atomic mass is 10.1. The van der Waals surface area contributed by atoms with E-state index in [1.54, 1.807) is 42.9 Å². The van der Waals surface area contributed by atoms with Gasteiger partial charge in [-0.1, -0.05) is 6.07 Å². The molecule has 0 unspecified atom stereocenters. The van der Waals surface area contributed by atoms with E-state index in [-0.39, 0.29) is 12.5 Å². The molecule has 0 saturated carbocycles. The van der Waals surface area contributed by atoms with Crippen LogP contribution in [0.5, 0.6) is 0 Å². The highest BCUT2D eigenvalue weighted by Gasteiger charge is 2.10. The average molecular weight is 362 g/mol. The van der Waals surface area contributed by atoms with E-state index < -0.39 is 5.91 Å². The van der Waals surface area contributed by atoms with Crippen molar-refractivity contribution in [2.24, 2.45) is 5.73 Å². The van der Waals surface area contributed by atoms with E-state index in [1.807, 2.05) is 19.1 Å². The van der Waals surface area contributed by atoms with Gasteiger partial charge in [0.05, 0.1) is 12.2 Å². The number of aromatic nitrogens is 3. The summed E-state index contributed by atoms with van der Waals surface area (Å²) in [7, 11) is 0. The van der Waals surface area contributed by atoms with E-state index in [2.05, 4.69) is 25.6 Å². The fraction of sp³-hybridized carbons (Fsp3) is 0.105. The molecule has 3 aromatic rings. The molecule has 4 N–H and O–H groups in total. The molecule has 0 radical (unpaired) electrons. The van der Waals surface area contributed by atoms with Crippen molar-refractivity contribution in [3.63, 3.8) is 0 Å². The molecule has 1 aromatic carbocycles. The second-order valence-electron chi connectivity index (χ2n) is 5.81. The third-order valence-corrected chi connectivity index (χ3v) is 3.78. The molecule has 0 aliphatic heterocycles. The molecule has 136 valence electrons. The Morgan fingerprint density at radius 3 is 2.74 bits per heavy atom. The predicted octanol–water partition coefficient (Wildman–Crippen LogP) is 1.81. The summed E-state index contributed by atoms with van der Waals surface area (Å²) < 4.78 is 0. The molecule has 8 nitrogen and oxygen atoms in total. The first-order chi connectivity index (χ1) is 13.0. The number of aryl methyl sites for hydroxylation is 1. The molecular formula is C19H18N6O2. The number of amides is 2. The number of carbonyl (C=O) groups is 2. The average Bonchev–Trinajstić information content (AvgIpc) is 2.68. The summed E-state index contributed by atoms with van der Waals surface area (Å²) >= 11 is 0. The van der Waals surface area contributed by atoms with Crippen molar-refractivity contribution in [2.75, 3.05) is 11.9 Å². The van der Waals surface area contributed by atoms with Gasteiger partial charge in [0.1, 0.15) is 0 Å². The number of primary amides is 1. The molecular weight excluding hydrogens is 344 g/mol. The van der Waals surface area contributed by atoms with Gasteiger partial charge in [-0.05, 0) is 42.8 Å². The number of anilines is 2. The largest absolute Gasteiger partial charge is 0.368 e. The number of rotatable bonds is 6. The molecule has 27 heavy (non-hydrogen) atoms. The number of nitrogens with one attached hydrogen (secondary N) is 2. The first kappa shape index (κ1) is 18.0. The monoisotopic (exact) mass is 362 g/mol. The highest BCUT2D eigenvalue weighted by molar-refractivity contribution is 5.97. The molecule has 0 atom stereocenters. The van der Waals surface area contributed by atoms with Crippen molar-refractivity contribution in [3.05, 3.63) is 66.1 Å². The van der Waals surface area contributed by atoms with Crippen LogP contribution in [0.25, 0.3) is 11.3 Å². The van der Waals surface area contributed by atoms with Crippen LogP contribution >= 0.6 is 0 Å². The Balaban J connectivity index is 1.82. The van der Waals surface area contributed by atoms with Crippen LogP contribution < -0.4 is 16.4 Å². The highest BCUT2D eigenvalue weighted by atomic mass is 16.2. The minimum absolute atomic E-state index is 0.217. The molecule has 0 bridgehead atoms. The summed E-state index contributed by atoms with van der Waals surface area (Å²) in [5.74, 6) is -0.592. The third-order valence-electron chi connectivity index (χ3n) is 3.78. The number of nitrogens with zero attached hydrogens (tertiary/aromatic N) is 3. The fourth-order valence-corrected chi connectivity index (χ4v) is 2.38. The molecule has 0 saturated heterocycles. The standard InChI is InChI=1S/C19H18N6O2/c1-12-4-5-13(18(27)23-11-17(20)26)9-16(12)25-19-22-8-6-15(24-19)14-3-2-7-21-10-14/h2-10H,11H2,1H3,(H2,20,26)(H,23,27)(H,22,24,25). The lowest BCUT2D eigenvalue weighted by Crippen LogP contribution is -2.33. The Labute approximate surface area is 155 Å². The van der Waals surface area contributed by atoms with Gasteiger partial charge in [0, 0.05) is 35.4 Å². The van der Waals surface area contributed by atoms with E-state index in [0.717, 1.165) is 16.8 Å². The lowest BCUT2D eigenvalue weighted by molar-refractivity contribution is -0.117. The second kappa shape index (κ2) is 8.05. The number of benzene rings is 1. The summed E-state index contributed by atoms with van der Waals surface area (Å²) in [5, 5.41) is 5.59. The summed E-state index contributed by atoms with van der Waals surface area (Å²) in [6.45, 7) is 1.68. The van der Waals surface area contributed by atoms with Crippen molar-refractivity contribution in [1.82, 2.24) is 20.3 Å². The van der Waals surface area contributed by atoms with Crippen LogP contribution in [0.2, 0.25) is 0 Å². The third kappa shape index (κ3) is 4.63. The SMILES string of the molecule is Cc1ccc(C(=O)NCC(N)=O)cc1Nc1nccc(-c2cccnc2)n1. The van der Waals surface area contributed by atoms with Crippen LogP contribution in [0.4, 0.5) is 11.6 Å².